The van der Waals surface area contributed by atoms with E-state index < -0.39 is 11.8 Å². The number of benzene rings is 5. The van der Waals surface area contributed by atoms with Gasteiger partial charge in [0.2, 0.25) is 29.3 Å². The van der Waals surface area contributed by atoms with Gasteiger partial charge in [0, 0.05) is 177 Å². The molecule has 5 aromatic carbocycles. The maximum absolute atomic E-state index is 13.1. The Morgan fingerprint density at radius 1 is 0.346 bits per heavy atom. The van der Waals surface area contributed by atoms with Crippen LogP contribution in [0.15, 0.2) is 244 Å². The number of pyridine rings is 7. The molecule has 130 heavy (non-hydrogen) atoms. The lowest BCUT2D eigenvalue weighted by Gasteiger charge is -2.40. The van der Waals surface area contributed by atoms with Crippen LogP contribution < -0.4 is 4.73 Å². The number of fused-ring (bicyclic) bond motifs is 9. The maximum atomic E-state index is 13.1. The lowest BCUT2D eigenvalue weighted by molar-refractivity contribution is -0.617. The number of hydrogen-bond acceptors (Lipinski definition) is 17. The van der Waals surface area contributed by atoms with Crippen LogP contribution in [0, 0.1) is 26.0 Å². The van der Waals surface area contributed by atoms with Gasteiger partial charge >= 0.3 is 0 Å². The van der Waals surface area contributed by atoms with Crippen molar-refractivity contribution in [2.24, 2.45) is 0 Å². The third-order valence-corrected chi connectivity index (χ3v) is 27.5. The summed E-state index contributed by atoms with van der Waals surface area (Å²) in [5, 5.41) is 13.7. The van der Waals surface area contributed by atoms with Crippen LogP contribution in [0.3, 0.4) is 0 Å². The Morgan fingerprint density at radius 2 is 0.692 bits per heavy atom. The van der Waals surface area contributed by atoms with E-state index in [1.165, 1.54) is 89.3 Å². The molecule has 662 valence electrons. The molecule has 9 aliphatic rings. The van der Waals surface area contributed by atoms with Gasteiger partial charge in [-0.15, -0.1) is 0 Å². The summed E-state index contributed by atoms with van der Waals surface area (Å²) in [6.07, 6.45) is 26.8. The average molecular weight is 1750 g/mol. The molecule has 4 aliphatic carbocycles. The minimum atomic E-state index is -0.404. The minimum absolute atomic E-state index is 0.00976. The van der Waals surface area contributed by atoms with E-state index in [0.717, 1.165) is 165 Å². The van der Waals surface area contributed by atoms with Gasteiger partial charge in [-0.1, -0.05) is 131 Å². The Bertz CT molecular complexity index is 5920. The van der Waals surface area contributed by atoms with Crippen LogP contribution in [0.5, 0.6) is 0 Å². The second-order valence-electron chi connectivity index (χ2n) is 35.5. The minimum Gasteiger partial charge on any atom is -0.618 e. The molecule has 0 saturated carbocycles. The highest BCUT2D eigenvalue weighted by Gasteiger charge is 2.42. The second-order valence-corrected chi connectivity index (χ2v) is 35.9. The Morgan fingerprint density at radius 3 is 1.10 bits per heavy atom. The standard InChI is InChI=1S/C28H25ClN4O3.C26H28N4O2.2C26H28N4O/c29-20-9-10-21-19(16-20)8-7-18-4-3-11-30-25(18)26(21)32-14-12-31(13-15-32)24(34)17-33-27(35)22-5-1-2-6-23(22)28(33)36;1-19-6-9-23-22(16-19)8-7-21-5-3-11-30(32)25(21)26(23)29-14-12-28(13-15-29)24(31)17-20-4-2-10-27-18-20;1-19-6-9-23-22(16-19)8-7-21-5-3-11-28-25(21)26(23)30-14-12-29(13-15-30)24(31)17-20-4-2-10-27-18-20;1-19-4-7-23-22(17-19)6-5-21-3-2-10-28-25(21)26(23)30-15-13-29(14-16-30)24(31)18-20-8-11-27-12-9-20/h1-6,9-11,16,26H,7-8,12-15,17H2;2-6,9-11,16,18,26H,7-8,12-15,17H2,1H3;2-6,9-11,16,18,26H,7-8,12-15,17H2,1H3;2-4,7-12,17,26H,5-6,13-16,18H2,1H3. The number of imide groups is 1. The van der Waals surface area contributed by atoms with Crippen molar-refractivity contribution in [3.8, 4) is 0 Å². The van der Waals surface area contributed by atoms with E-state index in [1.54, 1.807) is 72.5 Å². The third-order valence-electron chi connectivity index (χ3n) is 27.3. The molecule has 23 nitrogen and oxygen atoms in total. The SMILES string of the molecule is Cc1ccc2c(c1)CCc1ccc[n+]([O-])c1C2N1CCN(C(=O)Cc2cccnc2)CC1.Cc1ccc2c(c1)CCc1cccnc1C2N1CCN(C(=O)Cc2cccnc2)CC1.Cc1ccc2c(c1)CCc1cccnc1C2N1CCN(C(=O)Cc2ccncc2)CC1.O=C(CN1C(=O)c2ccccc2C1=O)N1CCN(C2c3ccc(Cl)cc3CCc3cccnc32)CC1. The van der Waals surface area contributed by atoms with Crippen LogP contribution in [-0.2, 0) is 89.8 Å². The number of nitrogens with zero attached hydrogens (tertiary/aromatic N) is 16. The lowest BCUT2D eigenvalue weighted by atomic mass is 9.94. The zero-order valence-corrected chi connectivity index (χ0v) is 74.8. The van der Waals surface area contributed by atoms with E-state index in [4.69, 9.17) is 26.6 Å². The predicted molar refractivity (Wildman–Crippen MR) is 498 cm³/mol. The molecule has 24 heteroatoms. The van der Waals surface area contributed by atoms with Crippen LogP contribution in [0.2, 0.25) is 5.02 Å². The number of aryl methyl sites for hydroxylation is 11. The molecule has 4 saturated heterocycles. The molecule has 5 aliphatic heterocycles. The third kappa shape index (κ3) is 19.5. The van der Waals surface area contributed by atoms with Crippen molar-refractivity contribution in [1.82, 2.24) is 74.0 Å². The Hall–Kier alpha value is -12.9. The fraction of sp³-hybridized carbons (Fsp3) is 0.330. The first-order chi connectivity index (χ1) is 63.5. The Balaban J connectivity index is 0.000000117. The van der Waals surface area contributed by atoms with E-state index in [-0.39, 0.29) is 54.3 Å². The van der Waals surface area contributed by atoms with Gasteiger partial charge in [-0.3, -0.25) is 83.2 Å². The topological polar surface area (TPSA) is 236 Å². The van der Waals surface area contributed by atoms with Gasteiger partial charge in [0.05, 0.1) is 65.6 Å². The van der Waals surface area contributed by atoms with Gasteiger partial charge < -0.3 is 24.8 Å². The van der Waals surface area contributed by atoms with Crippen molar-refractivity contribution in [2.75, 3.05) is 111 Å². The van der Waals surface area contributed by atoms with Crippen molar-refractivity contribution in [1.29, 1.82) is 0 Å². The molecule has 4 unspecified atom stereocenters. The highest BCUT2D eigenvalue weighted by molar-refractivity contribution is 6.30. The van der Waals surface area contributed by atoms with E-state index in [9.17, 15) is 34.0 Å². The molecule has 21 rings (SSSR count). The lowest BCUT2D eigenvalue weighted by Crippen LogP contribution is -2.52. The first-order valence-electron chi connectivity index (χ1n) is 45.8. The van der Waals surface area contributed by atoms with Gasteiger partial charge in [0.1, 0.15) is 12.6 Å². The van der Waals surface area contributed by atoms with Crippen molar-refractivity contribution < 1.29 is 33.5 Å². The molecule has 7 aromatic heterocycles. The summed E-state index contributed by atoms with van der Waals surface area (Å²) in [7, 11) is 0. The van der Waals surface area contributed by atoms with E-state index in [1.807, 2.05) is 100 Å². The molecule has 12 aromatic rings. The molecule has 0 bridgehead atoms. The summed E-state index contributed by atoms with van der Waals surface area (Å²) in [6, 6.07) is 61.4. The molecule has 4 fully saturated rings. The summed E-state index contributed by atoms with van der Waals surface area (Å²) < 4.78 is 1.05. The van der Waals surface area contributed by atoms with E-state index >= 15 is 0 Å². The van der Waals surface area contributed by atoms with Crippen molar-refractivity contribution in [3.05, 3.63) is 388 Å². The summed E-state index contributed by atoms with van der Waals surface area (Å²) >= 11 is 6.32. The van der Waals surface area contributed by atoms with Crippen LogP contribution in [0.1, 0.15) is 168 Å². The quantitative estimate of drug-likeness (QED) is 0.0628. The van der Waals surface area contributed by atoms with Crippen LogP contribution in [-0.4, -0.2) is 221 Å². The number of carbonyl (C=O) groups is 6. The molecular formula is C106H109ClN16O7. The highest BCUT2D eigenvalue weighted by atomic mass is 35.5. The zero-order chi connectivity index (χ0) is 89.3. The van der Waals surface area contributed by atoms with Gasteiger partial charge in [-0.2, -0.15) is 4.73 Å². The molecule has 4 atom stereocenters. The van der Waals surface area contributed by atoms with Gasteiger partial charge in [-0.25, -0.2) is 0 Å². The van der Waals surface area contributed by atoms with Crippen LogP contribution in [0.25, 0.3) is 0 Å². The Labute approximate surface area is 765 Å². The highest BCUT2D eigenvalue weighted by Crippen LogP contribution is 2.42. The number of rotatable bonds is 12. The second kappa shape index (κ2) is 40.0. The fourth-order valence-corrected chi connectivity index (χ4v) is 20.7. The molecule has 12 heterocycles. The number of amides is 6. The summed E-state index contributed by atoms with van der Waals surface area (Å²) in [4.78, 5) is 122. The number of aromatic nitrogens is 7. The molecular weight excluding hydrogens is 1640 g/mol. The fourth-order valence-electron chi connectivity index (χ4n) is 20.5. The largest absolute Gasteiger partial charge is 0.618 e. The summed E-state index contributed by atoms with van der Waals surface area (Å²) in [5.74, 6) is -0.508. The van der Waals surface area contributed by atoms with Crippen molar-refractivity contribution >= 4 is 47.0 Å². The number of carbonyl (C=O) groups excluding carboxylic acids is 6. The van der Waals surface area contributed by atoms with Gasteiger partial charge in [0.25, 0.3) is 11.8 Å². The monoisotopic (exact) mass is 1750 g/mol. The molecule has 0 spiro atoms. The maximum Gasteiger partial charge on any atom is 0.262 e. The first kappa shape index (κ1) is 87.8. The van der Waals surface area contributed by atoms with Crippen molar-refractivity contribution in [2.45, 2.75) is 116 Å². The summed E-state index contributed by atoms with van der Waals surface area (Å²) in [6.45, 7) is 17.8. The smallest absolute Gasteiger partial charge is 0.262 e. The first-order valence-corrected chi connectivity index (χ1v) is 46.1. The zero-order valence-electron chi connectivity index (χ0n) is 74.1. The van der Waals surface area contributed by atoms with Gasteiger partial charge in [-0.05, 0) is 223 Å². The van der Waals surface area contributed by atoms with Crippen LogP contribution in [0.4, 0.5) is 0 Å². The molecule has 0 radical (unpaired) electrons. The number of halogens is 1. The van der Waals surface area contributed by atoms with E-state index in [0.29, 0.717) is 69.7 Å². The number of piperazine rings is 4. The van der Waals surface area contributed by atoms with Crippen molar-refractivity contribution in [3.63, 3.8) is 0 Å². The van der Waals surface area contributed by atoms with Crippen LogP contribution >= 0.6 is 11.6 Å². The molecule has 0 N–H and O–H groups in total. The normalized spacial score (nSPS) is 18.9. The Kier molecular flexibility index (Phi) is 27.0. The summed E-state index contributed by atoms with van der Waals surface area (Å²) in [5.41, 5.74) is 27.4. The predicted octanol–water partition coefficient (Wildman–Crippen LogP) is 12.7. The molecule has 6 amide bonds. The average Bonchev–Trinajstić information content (AvgIpc) is 1.34. The van der Waals surface area contributed by atoms with E-state index in [2.05, 4.69) is 146 Å². The van der Waals surface area contributed by atoms with Gasteiger partial charge in [0.15, 0.2) is 6.20 Å². The number of hydrogen-bond donors (Lipinski definition) is 0.